The minimum atomic E-state index is -3.71. The van der Waals surface area contributed by atoms with Gasteiger partial charge in [0.1, 0.15) is 0 Å². The van der Waals surface area contributed by atoms with Crippen LogP contribution in [0.1, 0.15) is 18.1 Å². The maximum Gasteiger partial charge on any atom is 0.271 e. The van der Waals surface area contributed by atoms with Crippen molar-refractivity contribution in [1.29, 1.82) is 0 Å². The molecule has 0 radical (unpaired) electrons. The lowest BCUT2D eigenvalue weighted by molar-refractivity contribution is -0.384. The van der Waals surface area contributed by atoms with Crippen molar-refractivity contribution in [3.8, 4) is 0 Å². The highest BCUT2D eigenvalue weighted by Gasteiger charge is 2.32. The third-order valence-corrected chi connectivity index (χ3v) is 5.88. The summed E-state index contributed by atoms with van der Waals surface area (Å²) in [4.78, 5) is 10.6. The van der Waals surface area contributed by atoms with Crippen molar-refractivity contribution in [3.05, 3.63) is 63.7 Å². The van der Waals surface area contributed by atoms with Crippen LogP contribution in [0, 0.1) is 10.1 Å². The third kappa shape index (κ3) is 2.68. The Kier molecular flexibility index (Phi) is 3.81. The van der Waals surface area contributed by atoms with Gasteiger partial charge in [-0.2, -0.15) is 0 Å². The number of aryl methyl sites for hydroxylation is 1. The first kappa shape index (κ1) is 15.5. The molecule has 0 amide bonds. The maximum absolute atomic E-state index is 12.8. The fourth-order valence-electron chi connectivity index (χ4n) is 2.73. The van der Waals surface area contributed by atoms with Crippen LogP contribution in [0.5, 0.6) is 0 Å². The highest BCUT2D eigenvalue weighted by molar-refractivity contribution is 7.92. The molecule has 1 aliphatic rings. The summed E-state index contributed by atoms with van der Waals surface area (Å²) in [6.45, 7) is 2.30. The van der Waals surface area contributed by atoms with E-state index in [0.717, 1.165) is 17.5 Å². The molecule has 0 atom stereocenters. The molecule has 3 rings (SSSR count). The van der Waals surface area contributed by atoms with Crippen molar-refractivity contribution in [3.63, 3.8) is 0 Å². The minimum Gasteiger partial charge on any atom is -0.265 e. The Bertz CT molecular complexity index is 860. The van der Waals surface area contributed by atoms with Crippen LogP contribution in [-0.4, -0.2) is 19.9 Å². The summed E-state index contributed by atoms with van der Waals surface area (Å²) >= 11 is 0. The molecule has 0 N–H and O–H groups in total. The van der Waals surface area contributed by atoms with Gasteiger partial charge in [0.2, 0.25) is 0 Å². The van der Waals surface area contributed by atoms with Crippen molar-refractivity contribution >= 4 is 21.4 Å². The zero-order valence-electron chi connectivity index (χ0n) is 12.6. The fraction of sp³-hybridized carbons (Fsp3) is 0.250. The highest BCUT2D eigenvalue weighted by atomic mass is 32.2. The van der Waals surface area contributed by atoms with Gasteiger partial charge in [-0.1, -0.05) is 25.1 Å². The van der Waals surface area contributed by atoms with Crippen LogP contribution in [0.15, 0.2) is 47.4 Å². The number of fused-ring (bicyclic) bond motifs is 1. The monoisotopic (exact) mass is 332 g/mol. The van der Waals surface area contributed by atoms with Crippen LogP contribution in [-0.2, 0) is 22.9 Å². The Morgan fingerprint density at radius 3 is 2.48 bits per heavy atom. The topological polar surface area (TPSA) is 80.5 Å². The van der Waals surface area contributed by atoms with Gasteiger partial charge in [-0.05, 0) is 36.1 Å². The molecule has 0 saturated heterocycles. The van der Waals surface area contributed by atoms with Crippen LogP contribution < -0.4 is 4.31 Å². The van der Waals surface area contributed by atoms with Gasteiger partial charge in [0.05, 0.1) is 15.5 Å². The predicted octanol–water partition coefficient (Wildman–Crippen LogP) is 2.91. The van der Waals surface area contributed by atoms with Crippen LogP contribution in [0.3, 0.4) is 0 Å². The molecule has 0 spiro atoms. The summed E-state index contributed by atoms with van der Waals surface area (Å²) in [6.07, 6.45) is 1.39. The molecular weight excluding hydrogens is 316 g/mol. The molecule has 1 heterocycles. The normalized spacial score (nSPS) is 13.9. The molecule has 0 bridgehead atoms. The van der Waals surface area contributed by atoms with Crippen molar-refractivity contribution in [2.75, 3.05) is 10.8 Å². The largest absolute Gasteiger partial charge is 0.271 e. The molecule has 0 aliphatic carbocycles. The number of benzene rings is 2. The van der Waals surface area contributed by atoms with E-state index in [-0.39, 0.29) is 10.6 Å². The molecule has 0 aromatic heterocycles. The second kappa shape index (κ2) is 5.66. The zero-order chi connectivity index (χ0) is 16.6. The second-order valence-corrected chi connectivity index (χ2v) is 7.26. The average molecular weight is 332 g/mol. The minimum absolute atomic E-state index is 0.104. The second-order valence-electron chi connectivity index (χ2n) is 5.39. The lowest BCUT2D eigenvalue weighted by atomic mass is 10.1. The quantitative estimate of drug-likeness (QED) is 0.637. The van der Waals surface area contributed by atoms with Gasteiger partial charge in [-0.3, -0.25) is 14.4 Å². The van der Waals surface area contributed by atoms with Gasteiger partial charge >= 0.3 is 0 Å². The van der Waals surface area contributed by atoms with Crippen LogP contribution in [0.4, 0.5) is 11.4 Å². The van der Waals surface area contributed by atoms with Gasteiger partial charge < -0.3 is 0 Å². The number of nitrogens with zero attached hydrogens (tertiary/aromatic N) is 2. The van der Waals surface area contributed by atoms with Crippen molar-refractivity contribution in [2.45, 2.75) is 24.7 Å². The highest BCUT2D eigenvalue weighted by Crippen LogP contribution is 2.35. The number of sulfonamides is 1. The number of non-ortho nitro benzene ring substituents is 1. The Labute approximate surface area is 134 Å². The predicted molar refractivity (Wildman–Crippen MR) is 87.2 cm³/mol. The molecule has 0 unspecified atom stereocenters. The van der Waals surface area contributed by atoms with E-state index in [0.29, 0.717) is 18.7 Å². The molecule has 2 aromatic rings. The van der Waals surface area contributed by atoms with Crippen molar-refractivity contribution in [1.82, 2.24) is 0 Å². The van der Waals surface area contributed by atoms with E-state index < -0.39 is 14.9 Å². The molecule has 2 aromatic carbocycles. The van der Waals surface area contributed by atoms with Gasteiger partial charge in [-0.25, -0.2) is 8.42 Å². The molecule has 1 aliphatic heterocycles. The standard InChI is InChI=1S/C16H16N2O4S/c1-2-12-3-7-15(8-4-12)23(21,22)17-10-9-13-5-6-14(18(19)20)11-16(13)17/h3-8,11H,2,9-10H2,1H3. The number of rotatable bonds is 4. The lowest BCUT2D eigenvalue weighted by Gasteiger charge is -2.19. The first-order valence-electron chi connectivity index (χ1n) is 7.32. The zero-order valence-corrected chi connectivity index (χ0v) is 13.4. The lowest BCUT2D eigenvalue weighted by Crippen LogP contribution is -2.29. The first-order chi connectivity index (χ1) is 10.9. The molecule has 23 heavy (non-hydrogen) atoms. The summed E-state index contributed by atoms with van der Waals surface area (Å²) < 4.78 is 26.9. The van der Waals surface area contributed by atoms with Crippen LogP contribution in [0.25, 0.3) is 0 Å². The van der Waals surface area contributed by atoms with Crippen molar-refractivity contribution < 1.29 is 13.3 Å². The van der Waals surface area contributed by atoms with Crippen molar-refractivity contribution in [2.24, 2.45) is 0 Å². The average Bonchev–Trinajstić information content (AvgIpc) is 2.98. The number of nitro groups is 1. The Morgan fingerprint density at radius 1 is 1.17 bits per heavy atom. The summed E-state index contributed by atoms with van der Waals surface area (Å²) in [5.74, 6) is 0. The van der Waals surface area contributed by atoms with E-state index in [1.165, 1.54) is 16.4 Å². The number of nitro benzene ring substituents is 1. The summed E-state index contributed by atoms with van der Waals surface area (Å²) in [7, 11) is -3.71. The van der Waals surface area contributed by atoms with Crippen LogP contribution in [0.2, 0.25) is 0 Å². The van der Waals surface area contributed by atoms with E-state index >= 15 is 0 Å². The van der Waals surface area contributed by atoms with E-state index in [9.17, 15) is 18.5 Å². The molecule has 0 fully saturated rings. The van der Waals surface area contributed by atoms with E-state index in [2.05, 4.69) is 0 Å². The molecule has 0 saturated carbocycles. The van der Waals surface area contributed by atoms with Gasteiger partial charge in [0, 0.05) is 18.7 Å². The fourth-order valence-corrected chi connectivity index (χ4v) is 4.22. The maximum atomic E-state index is 12.8. The SMILES string of the molecule is CCc1ccc(S(=O)(=O)N2CCc3ccc([N+](=O)[O-])cc32)cc1. The van der Waals surface area contributed by atoms with E-state index in [1.54, 1.807) is 30.3 Å². The molecule has 120 valence electrons. The molecule has 7 heteroatoms. The Hall–Kier alpha value is -2.41. The summed E-state index contributed by atoms with van der Waals surface area (Å²) in [5.41, 5.74) is 2.16. The third-order valence-electron chi connectivity index (χ3n) is 4.05. The van der Waals surface area contributed by atoms with E-state index in [4.69, 9.17) is 0 Å². The van der Waals surface area contributed by atoms with Gasteiger partial charge in [0.15, 0.2) is 0 Å². The Balaban J connectivity index is 2.03. The number of hydrogen-bond acceptors (Lipinski definition) is 4. The smallest absolute Gasteiger partial charge is 0.265 e. The summed E-state index contributed by atoms with van der Waals surface area (Å²) in [5, 5.41) is 10.9. The molecular formula is C16H16N2O4S. The number of hydrogen-bond donors (Lipinski definition) is 0. The van der Waals surface area contributed by atoms with Crippen LogP contribution >= 0.6 is 0 Å². The number of anilines is 1. The van der Waals surface area contributed by atoms with Gasteiger partial charge in [-0.15, -0.1) is 0 Å². The molecule has 6 nitrogen and oxygen atoms in total. The first-order valence-corrected chi connectivity index (χ1v) is 8.76. The van der Waals surface area contributed by atoms with Gasteiger partial charge in [0.25, 0.3) is 15.7 Å². The summed E-state index contributed by atoms with van der Waals surface area (Å²) in [6, 6.07) is 11.1. The Morgan fingerprint density at radius 2 is 1.87 bits per heavy atom. The van der Waals surface area contributed by atoms with E-state index in [1.807, 2.05) is 6.92 Å².